The molecule has 0 aromatic carbocycles. The fourth-order valence-corrected chi connectivity index (χ4v) is 0.554. The van der Waals surface area contributed by atoms with Crippen molar-refractivity contribution in [3.63, 3.8) is 0 Å². The van der Waals surface area contributed by atoms with Gasteiger partial charge in [-0.05, 0) is 0 Å². The van der Waals surface area contributed by atoms with E-state index in [4.69, 9.17) is 5.11 Å². The molecule has 0 bridgehead atoms. The number of rotatable bonds is 0. The molecule has 3 heteroatoms. The highest BCUT2D eigenvalue weighted by Gasteiger charge is 1.94. The molecule has 1 heterocycles. The van der Waals surface area contributed by atoms with E-state index in [0.717, 1.165) is 0 Å². The molecule has 0 saturated heterocycles. The van der Waals surface area contributed by atoms with Crippen molar-refractivity contribution in [1.82, 2.24) is 0 Å². The van der Waals surface area contributed by atoms with Crippen molar-refractivity contribution >= 4 is 13.2 Å². The third-order valence-corrected chi connectivity index (χ3v) is 1.08. The normalized spacial score (nSPS) is 9.60. The van der Waals surface area contributed by atoms with Crippen LogP contribution in [0.3, 0.4) is 0 Å². The van der Waals surface area contributed by atoms with Crippen LogP contribution in [0.15, 0.2) is 15.3 Å². The Hall–Kier alpha value is -1.51. The van der Waals surface area contributed by atoms with Gasteiger partial charge in [0, 0.05) is 6.07 Å². The van der Waals surface area contributed by atoms with E-state index in [1.54, 1.807) is 0 Å². The van der Waals surface area contributed by atoms with Gasteiger partial charge in [-0.3, -0.25) is 0 Å². The zero-order chi connectivity index (χ0) is 7.72. The maximum absolute atomic E-state index is 10.6. The molecule has 1 N–H and O–H groups in total. The molecule has 0 radical (unpaired) electrons. The van der Waals surface area contributed by atoms with E-state index in [1.165, 1.54) is 6.07 Å². The highest BCUT2D eigenvalue weighted by atomic mass is 16.4. The average Bonchev–Trinajstić information content (AvgIpc) is 1.82. The van der Waals surface area contributed by atoms with Gasteiger partial charge >= 0.3 is 5.63 Å². The summed E-state index contributed by atoms with van der Waals surface area (Å²) < 4.78 is 4.50. The summed E-state index contributed by atoms with van der Waals surface area (Å²) in [4.78, 5) is 10.6. The van der Waals surface area contributed by atoms with Crippen molar-refractivity contribution in [3.05, 3.63) is 27.1 Å². The zero-order valence-electron chi connectivity index (χ0n) is 5.26. The molecule has 0 unspecified atom stereocenters. The quantitative estimate of drug-likeness (QED) is 0.509. The second kappa shape index (κ2) is 2.02. The highest BCUT2D eigenvalue weighted by molar-refractivity contribution is 5.21. The van der Waals surface area contributed by atoms with Crippen LogP contribution in [0, 0.1) is 0 Å². The van der Waals surface area contributed by atoms with Crippen molar-refractivity contribution in [2.24, 2.45) is 0 Å². The van der Waals surface area contributed by atoms with Gasteiger partial charge in [0.1, 0.15) is 11.2 Å². The minimum absolute atomic E-state index is 0.0348. The van der Waals surface area contributed by atoms with Crippen molar-refractivity contribution in [3.8, 4) is 5.75 Å². The predicted octanol–water partition coefficient (Wildman–Crippen LogP) is -0.834. The van der Waals surface area contributed by atoms with E-state index >= 15 is 0 Å². The molecule has 1 aromatic rings. The van der Waals surface area contributed by atoms with Gasteiger partial charge < -0.3 is 9.52 Å². The number of hydrogen-bond donors (Lipinski definition) is 1. The summed E-state index contributed by atoms with van der Waals surface area (Å²) in [7, 11) is 0. The molecular weight excluding hydrogens is 132 g/mol. The van der Waals surface area contributed by atoms with Crippen molar-refractivity contribution in [1.29, 1.82) is 0 Å². The minimum Gasteiger partial charge on any atom is -0.507 e. The van der Waals surface area contributed by atoms with Crippen LogP contribution < -0.4 is 16.3 Å². The first kappa shape index (κ1) is 6.61. The van der Waals surface area contributed by atoms with Gasteiger partial charge in [0.2, 0.25) is 0 Å². The largest absolute Gasteiger partial charge is 0.507 e. The lowest BCUT2D eigenvalue weighted by molar-refractivity contribution is 0.426. The lowest BCUT2D eigenvalue weighted by atomic mass is 10.4. The second-order valence-corrected chi connectivity index (χ2v) is 1.86. The maximum Gasteiger partial charge on any atom is 0.346 e. The molecule has 0 spiro atoms. The summed E-state index contributed by atoms with van der Waals surface area (Å²) in [5.74, 6) is -0.179. The Bertz CT molecular complexity index is 388. The molecule has 3 nitrogen and oxygen atoms in total. The first-order valence-corrected chi connectivity index (χ1v) is 2.62. The summed E-state index contributed by atoms with van der Waals surface area (Å²) in [5, 5.41) is 8.88. The van der Waals surface area contributed by atoms with E-state index in [0.29, 0.717) is 0 Å². The Labute approximate surface area is 56.5 Å². The molecule has 1 rings (SSSR count). The summed E-state index contributed by atoms with van der Waals surface area (Å²) in [6.45, 7) is 6.61. The Morgan fingerprint density at radius 3 is 2.60 bits per heavy atom. The molecule has 0 saturated carbocycles. The van der Waals surface area contributed by atoms with E-state index < -0.39 is 5.63 Å². The minimum atomic E-state index is -0.648. The van der Waals surface area contributed by atoms with E-state index in [2.05, 4.69) is 17.6 Å². The molecule has 0 aliphatic carbocycles. The first-order chi connectivity index (χ1) is 4.61. The van der Waals surface area contributed by atoms with E-state index in [9.17, 15) is 4.79 Å². The molecule has 10 heavy (non-hydrogen) atoms. The molecule has 52 valence electrons. The van der Waals surface area contributed by atoms with E-state index in [-0.39, 0.29) is 16.4 Å². The van der Waals surface area contributed by atoms with Crippen LogP contribution in [0.2, 0.25) is 0 Å². The van der Waals surface area contributed by atoms with Gasteiger partial charge in [0.25, 0.3) is 0 Å². The molecule has 0 fully saturated rings. The summed E-state index contributed by atoms with van der Waals surface area (Å²) in [6, 6.07) is 1.24. The molecular formula is C7H6O3. The van der Waals surface area contributed by atoms with Crippen LogP contribution in [0.25, 0.3) is 13.2 Å². The van der Waals surface area contributed by atoms with Crippen LogP contribution in [-0.2, 0) is 0 Å². The van der Waals surface area contributed by atoms with Gasteiger partial charge in [0.15, 0.2) is 0 Å². The summed E-state index contributed by atoms with van der Waals surface area (Å²) >= 11 is 0. The SMILES string of the molecule is C=c1cc(O)c(=C)c(=O)o1. The third kappa shape index (κ3) is 0.932. The maximum atomic E-state index is 10.6. The topological polar surface area (TPSA) is 50.4 Å². The van der Waals surface area contributed by atoms with Gasteiger partial charge in [-0.2, -0.15) is 0 Å². The van der Waals surface area contributed by atoms with Gasteiger partial charge in [-0.15, -0.1) is 0 Å². The first-order valence-electron chi connectivity index (χ1n) is 2.62. The Balaban J connectivity index is 3.80. The second-order valence-electron chi connectivity index (χ2n) is 1.86. The fraction of sp³-hybridized carbons (Fsp3) is 0. The lowest BCUT2D eigenvalue weighted by Gasteiger charge is -1.87. The van der Waals surface area contributed by atoms with Gasteiger partial charge in [-0.1, -0.05) is 13.2 Å². The van der Waals surface area contributed by atoms with Crippen LogP contribution in [0.1, 0.15) is 0 Å². The molecule has 0 amide bonds. The Morgan fingerprint density at radius 2 is 2.10 bits per heavy atom. The Morgan fingerprint density at radius 1 is 1.50 bits per heavy atom. The summed E-state index contributed by atoms with van der Waals surface area (Å²) in [6.07, 6.45) is 0. The predicted molar refractivity (Wildman–Crippen MR) is 36.9 cm³/mol. The Kier molecular flexibility index (Phi) is 1.34. The lowest BCUT2D eigenvalue weighted by Crippen LogP contribution is -2.26. The van der Waals surface area contributed by atoms with Crippen LogP contribution >= 0.6 is 0 Å². The molecule has 0 aliphatic rings. The standard InChI is InChI=1S/C7H6O3/c1-4-3-6(8)5(2)7(9)10-4/h3,8H,1-2H2. The monoisotopic (exact) mass is 138 g/mol. The van der Waals surface area contributed by atoms with E-state index in [1.807, 2.05) is 0 Å². The van der Waals surface area contributed by atoms with Crippen LogP contribution in [0.5, 0.6) is 5.75 Å². The fourth-order valence-electron chi connectivity index (χ4n) is 0.554. The zero-order valence-corrected chi connectivity index (χ0v) is 5.26. The van der Waals surface area contributed by atoms with Crippen LogP contribution in [-0.4, -0.2) is 5.11 Å². The van der Waals surface area contributed by atoms with Gasteiger partial charge in [-0.25, -0.2) is 4.79 Å². The molecule has 1 aromatic heterocycles. The van der Waals surface area contributed by atoms with Crippen molar-refractivity contribution < 1.29 is 9.52 Å². The number of hydrogen-bond acceptors (Lipinski definition) is 3. The average molecular weight is 138 g/mol. The van der Waals surface area contributed by atoms with Crippen molar-refractivity contribution in [2.45, 2.75) is 0 Å². The molecule has 0 aliphatic heterocycles. The smallest absolute Gasteiger partial charge is 0.346 e. The summed E-state index contributed by atoms with van der Waals surface area (Å²) in [5.41, 5.74) is -0.514. The number of aromatic hydroxyl groups is 1. The van der Waals surface area contributed by atoms with Crippen LogP contribution in [0.4, 0.5) is 0 Å². The third-order valence-electron chi connectivity index (χ3n) is 1.08. The highest BCUT2D eigenvalue weighted by Crippen LogP contribution is 1.87. The van der Waals surface area contributed by atoms with Gasteiger partial charge in [0.05, 0.1) is 5.22 Å². The molecule has 0 atom stereocenters. The van der Waals surface area contributed by atoms with Crippen molar-refractivity contribution in [2.75, 3.05) is 0 Å².